The van der Waals surface area contributed by atoms with Crippen LogP contribution in [0.3, 0.4) is 0 Å². The Morgan fingerprint density at radius 1 is 1.19 bits per heavy atom. The molecule has 0 saturated carbocycles. The van der Waals surface area contributed by atoms with E-state index in [9.17, 15) is 0 Å². The summed E-state index contributed by atoms with van der Waals surface area (Å²) in [7, 11) is 2.22. The lowest BCUT2D eigenvalue weighted by Crippen LogP contribution is -2.38. The summed E-state index contributed by atoms with van der Waals surface area (Å²) < 4.78 is 5.94. The van der Waals surface area contributed by atoms with Gasteiger partial charge < -0.3 is 9.64 Å². The summed E-state index contributed by atoms with van der Waals surface area (Å²) in [5.41, 5.74) is 0. The van der Waals surface area contributed by atoms with Gasteiger partial charge in [-0.15, -0.1) is 0 Å². The van der Waals surface area contributed by atoms with Crippen molar-refractivity contribution in [1.82, 2.24) is 4.90 Å². The lowest BCUT2D eigenvalue weighted by Gasteiger charge is -2.31. The Balaban J connectivity index is 0.000000509. The number of nitrogens with zero attached hydrogens (tertiary/aromatic N) is 1. The Morgan fingerprint density at radius 2 is 1.81 bits per heavy atom. The zero-order valence-electron chi connectivity index (χ0n) is 12.1. The summed E-state index contributed by atoms with van der Waals surface area (Å²) in [6, 6.07) is 0. The maximum atomic E-state index is 5.94. The van der Waals surface area contributed by atoms with E-state index in [0.717, 1.165) is 5.92 Å². The van der Waals surface area contributed by atoms with Crippen LogP contribution in [0.4, 0.5) is 0 Å². The molecule has 2 saturated heterocycles. The van der Waals surface area contributed by atoms with E-state index in [1.807, 2.05) is 27.7 Å². The van der Waals surface area contributed by atoms with Gasteiger partial charge in [0.2, 0.25) is 0 Å². The molecule has 3 atom stereocenters. The molecule has 0 bridgehead atoms. The van der Waals surface area contributed by atoms with Crippen LogP contribution >= 0.6 is 0 Å². The van der Waals surface area contributed by atoms with Crippen molar-refractivity contribution in [3.05, 3.63) is 0 Å². The number of likely N-dealkylation sites (tertiary alicyclic amines) is 1. The summed E-state index contributed by atoms with van der Waals surface area (Å²) >= 11 is 0. The monoisotopic (exact) mass is 229 g/mol. The van der Waals surface area contributed by atoms with E-state index in [2.05, 4.69) is 18.9 Å². The van der Waals surface area contributed by atoms with Crippen molar-refractivity contribution in [3.63, 3.8) is 0 Å². The minimum Gasteiger partial charge on any atom is -0.375 e. The van der Waals surface area contributed by atoms with E-state index in [-0.39, 0.29) is 0 Å². The molecule has 0 aromatic carbocycles. The normalized spacial score (nSPS) is 33.0. The molecule has 0 aromatic heterocycles. The van der Waals surface area contributed by atoms with Crippen LogP contribution in [-0.2, 0) is 4.74 Å². The standard InChI is InChI=1S/C10H19NO.2C2H6/c1-3-9-6-8-7-11(2)5-4-10(8)12-9;2*1-2/h8-10H,3-7H2,1-2H3;2*1-2H3. The van der Waals surface area contributed by atoms with Gasteiger partial charge in [0.15, 0.2) is 0 Å². The van der Waals surface area contributed by atoms with Gasteiger partial charge in [-0.3, -0.25) is 0 Å². The fraction of sp³-hybridized carbons (Fsp3) is 1.00. The number of hydrogen-bond donors (Lipinski definition) is 0. The molecule has 2 aliphatic rings. The molecule has 0 aliphatic carbocycles. The first-order chi connectivity index (χ1) is 7.79. The molecule has 2 heterocycles. The first-order valence-corrected chi connectivity index (χ1v) is 7.13. The Kier molecular flexibility index (Phi) is 8.96. The maximum Gasteiger partial charge on any atom is 0.0632 e. The highest BCUT2D eigenvalue weighted by atomic mass is 16.5. The smallest absolute Gasteiger partial charge is 0.0632 e. The van der Waals surface area contributed by atoms with Crippen molar-refractivity contribution >= 4 is 0 Å². The van der Waals surface area contributed by atoms with E-state index >= 15 is 0 Å². The summed E-state index contributed by atoms with van der Waals surface area (Å²) in [5.74, 6) is 0.827. The van der Waals surface area contributed by atoms with Gasteiger partial charge in [-0.25, -0.2) is 0 Å². The van der Waals surface area contributed by atoms with E-state index in [4.69, 9.17) is 4.74 Å². The zero-order valence-corrected chi connectivity index (χ0v) is 12.1. The molecule has 2 heteroatoms. The molecular formula is C14H31NO. The Morgan fingerprint density at radius 3 is 2.38 bits per heavy atom. The fourth-order valence-electron chi connectivity index (χ4n) is 2.50. The third-order valence-corrected chi connectivity index (χ3v) is 3.26. The Bertz CT molecular complexity index is 161. The third-order valence-electron chi connectivity index (χ3n) is 3.26. The highest BCUT2D eigenvalue weighted by molar-refractivity contribution is 4.87. The molecule has 2 rings (SSSR count). The maximum absolute atomic E-state index is 5.94. The first kappa shape index (κ1) is 15.9. The molecule has 2 nitrogen and oxygen atoms in total. The van der Waals surface area contributed by atoms with E-state index in [1.165, 1.54) is 32.4 Å². The van der Waals surface area contributed by atoms with Crippen LogP contribution in [0.15, 0.2) is 0 Å². The van der Waals surface area contributed by atoms with Gasteiger partial charge in [-0.1, -0.05) is 34.6 Å². The number of piperidine rings is 1. The second kappa shape index (κ2) is 9.00. The SMILES string of the molecule is CC.CC.CCC1CC2CN(C)CCC2O1. The number of rotatable bonds is 1. The first-order valence-electron chi connectivity index (χ1n) is 7.13. The molecule has 16 heavy (non-hydrogen) atoms. The van der Waals surface area contributed by atoms with Crippen LogP contribution in [0.1, 0.15) is 53.9 Å². The summed E-state index contributed by atoms with van der Waals surface area (Å²) in [4.78, 5) is 2.43. The van der Waals surface area contributed by atoms with Gasteiger partial charge in [0.25, 0.3) is 0 Å². The van der Waals surface area contributed by atoms with E-state index in [0.29, 0.717) is 12.2 Å². The number of fused-ring (bicyclic) bond motifs is 1. The molecule has 0 aromatic rings. The minimum absolute atomic E-state index is 0.562. The largest absolute Gasteiger partial charge is 0.375 e. The predicted octanol–water partition coefficient (Wildman–Crippen LogP) is 3.56. The van der Waals surface area contributed by atoms with E-state index < -0.39 is 0 Å². The van der Waals surface area contributed by atoms with Crippen LogP contribution in [0.5, 0.6) is 0 Å². The number of hydrogen-bond acceptors (Lipinski definition) is 2. The third kappa shape index (κ3) is 4.42. The molecule has 2 fully saturated rings. The second-order valence-corrected chi connectivity index (χ2v) is 4.25. The Hall–Kier alpha value is -0.0800. The van der Waals surface area contributed by atoms with Crippen LogP contribution in [-0.4, -0.2) is 37.2 Å². The van der Waals surface area contributed by atoms with Crippen LogP contribution < -0.4 is 0 Å². The average molecular weight is 229 g/mol. The molecule has 0 radical (unpaired) electrons. The molecule has 98 valence electrons. The lowest BCUT2D eigenvalue weighted by atomic mass is 9.93. The summed E-state index contributed by atoms with van der Waals surface area (Å²) in [5, 5.41) is 0. The van der Waals surface area contributed by atoms with Crippen LogP contribution in [0, 0.1) is 5.92 Å². The van der Waals surface area contributed by atoms with Crippen molar-refractivity contribution in [2.45, 2.75) is 66.1 Å². The predicted molar refractivity (Wildman–Crippen MR) is 71.9 cm³/mol. The lowest BCUT2D eigenvalue weighted by molar-refractivity contribution is 0.00472. The molecule has 0 spiro atoms. The van der Waals surface area contributed by atoms with Gasteiger partial charge in [0.1, 0.15) is 0 Å². The van der Waals surface area contributed by atoms with Crippen molar-refractivity contribution in [2.24, 2.45) is 5.92 Å². The Labute approximate surface area is 102 Å². The van der Waals surface area contributed by atoms with Gasteiger partial charge in [-0.2, -0.15) is 0 Å². The second-order valence-electron chi connectivity index (χ2n) is 4.25. The van der Waals surface area contributed by atoms with Gasteiger partial charge in [-0.05, 0) is 26.3 Å². The van der Waals surface area contributed by atoms with Crippen molar-refractivity contribution in [2.75, 3.05) is 20.1 Å². The van der Waals surface area contributed by atoms with Crippen LogP contribution in [0.25, 0.3) is 0 Å². The van der Waals surface area contributed by atoms with Gasteiger partial charge >= 0.3 is 0 Å². The molecule has 0 amide bonds. The highest BCUT2D eigenvalue weighted by Gasteiger charge is 2.37. The molecule has 2 aliphatic heterocycles. The fourth-order valence-corrected chi connectivity index (χ4v) is 2.50. The summed E-state index contributed by atoms with van der Waals surface area (Å²) in [6.07, 6.45) is 4.89. The molecular weight excluding hydrogens is 198 g/mol. The van der Waals surface area contributed by atoms with Crippen molar-refractivity contribution < 1.29 is 4.74 Å². The van der Waals surface area contributed by atoms with Crippen LogP contribution in [0.2, 0.25) is 0 Å². The topological polar surface area (TPSA) is 12.5 Å². The van der Waals surface area contributed by atoms with Gasteiger partial charge in [0, 0.05) is 19.0 Å². The highest BCUT2D eigenvalue weighted by Crippen LogP contribution is 2.33. The minimum atomic E-state index is 0.562. The van der Waals surface area contributed by atoms with Gasteiger partial charge in [0.05, 0.1) is 12.2 Å². The molecule has 0 N–H and O–H groups in total. The van der Waals surface area contributed by atoms with E-state index in [1.54, 1.807) is 0 Å². The average Bonchev–Trinajstić information content (AvgIpc) is 2.76. The molecule has 3 unspecified atom stereocenters. The number of ether oxygens (including phenoxy) is 1. The van der Waals surface area contributed by atoms with Crippen molar-refractivity contribution in [1.29, 1.82) is 0 Å². The zero-order chi connectivity index (χ0) is 12.6. The van der Waals surface area contributed by atoms with Crippen molar-refractivity contribution in [3.8, 4) is 0 Å². The quantitative estimate of drug-likeness (QED) is 0.681. The summed E-state index contributed by atoms with van der Waals surface area (Å²) in [6.45, 7) is 12.7.